The number of methoxy groups -OCH3 is 1. The van der Waals surface area contributed by atoms with E-state index in [-0.39, 0.29) is 13.9 Å². The third-order valence-corrected chi connectivity index (χ3v) is 3.65. The van der Waals surface area contributed by atoms with E-state index in [9.17, 15) is 0 Å². The molecule has 25 heavy (non-hydrogen) atoms. The molecule has 128 valence electrons. The maximum Gasteiger partial charge on any atom is 0.494 e. The molecule has 3 rings (SSSR count). The summed E-state index contributed by atoms with van der Waals surface area (Å²) in [5.41, 5.74) is 2.41. The van der Waals surface area contributed by atoms with Crippen LogP contribution in [0.3, 0.4) is 0 Å². The van der Waals surface area contributed by atoms with Crippen molar-refractivity contribution in [1.29, 1.82) is 0 Å². The Morgan fingerprint density at radius 2 is 1.80 bits per heavy atom. The number of hydrogen-bond acceptors (Lipinski definition) is 5. The normalized spacial score (nSPS) is 13.7. The first-order chi connectivity index (χ1) is 12.3. The van der Waals surface area contributed by atoms with Gasteiger partial charge in [-0.15, -0.1) is 0 Å². The van der Waals surface area contributed by atoms with Crippen LogP contribution in [0.4, 0.5) is 5.69 Å². The topological polar surface area (TPSA) is 50.5 Å². The molecule has 0 amide bonds. The van der Waals surface area contributed by atoms with Crippen LogP contribution in [-0.2, 0) is 25.4 Å². The van der Waals surface area contributed by atoms with E-state index in [2.05, 4.69) is 4.85 Å². The van der Waals surface area contributed by atoms with Gasteiger partial charge in [-0.05, 0) is 35.3 Å². The van der Waals surface area contributed by atoms with E-state index in [1.807, 2.05) is 18.2 Å². The summed E-state index contributed by atoms with van der Waals surface area (Å²) in [6.07, 6.45) is 0. The molecule has 1 aliphatic heterocycles. The summed E-state index contributed by atoms with van der Waals surface area (Å²) < 4.78 is 27.5. The Kier molecular flexibility index (Phi) is 6.04. The second kappa shape index (κ2) is 8.65. The third-order valence-electron chi connectivity index (χ3n) is 3.65. The molecule has 0 N–H and O–H groups in total. The zero-order valence-corrected chi connectivity index (χ0v) is 13.9. The molecular weight excluding hydrogens is 321 g/mol. The third kappa shape index (κ3) is 4.59. The number of rotatable bonds is 7. The molecule has 0 spiro atoms. The Hall–Kier alpha value is -2.37. The minimum absolute atomic E-state index is 0.203. The Balaban J connectivity index is 1.79. The molecule has 0 bridgehead atoms. The summed E-state index contributed by atoms with van der Waals surface area (Å²) >= 11 is 0. The smallest absolute Gasteiger partial charge is 0.457 e. The van der Waals surface area contributed by atoms with Gasteiger partial charge in [0.1, 0.15) is 18.3 Å². The fraction of sp³-hybridized carbons (Fsp3) is 0.278. The molecular formula is C18H18BNO5. The van der Waals surface area contributed by atoms with Crippen LogP contribution in [0.15, 0.2) is 42.5 Å². The largest absolute Gasteiger partial charge is 0.494 e. The van der Waals surface area contributed by atoms with Gasteiger partial charge in [0.2, 0.25) is 0 Å². The van der Waals surface area contributed by atoms with Crippen LogP contribution >= 0.6 is 0 Å². The Morgan fingerprint density at radius 3 is 2.48 bits per heavy atom. The molecule has 7 heteroatoms. The lowest BCUT2D eigenvalue weighted by Crippen LogP contribution is -2.34. The minimum atomic E-state index is -0.381. The van der Waals surface area contributed by atoms with E-state index in [4.69, 9.17) is 30.1 Å². The number of hydrogen-bond donors (Lipinski definition) is 0. The predicted octanol–water partition coefficient (Wildman–Crippen LogP) is 2.89. The van der Waals surface area contributed by atoms with Crippen molar-refractivity contribution in [2.75, 3.05) is 27.1 Å². The first kappa shape index (κ1) is 17.5. The summed E-state index contributed by atoms with van der Waals surface area (Å²) in [7, 11) is 1.20. The highest BCUT2D eigenvalue weighted by Crippen LogP contribution is 2.25. The molecule has 1 heterocycles. The highest BCUT2D eigenvalue weighted by molar-refractivity contribution is 6.62. The van der Waals surface area contributed by atoms with Crippen LogP contribution in [0.25, 0.3) is 4.85 Å². The molecule has 0 saturated carbocycles. The Bertz CT molecular complexity index is 738. The zero-order valence-electron chi connectivity index (χ0n) is 13.9. The van der Waals surface area contributed by atoms with E-state index < -0.39 is 0 Å². The highest BCUT2D eigenvalue weighted by Gasteiger charge is 2.28. The Morgan fingerprint density at radius 1 is 1.08 bits per heavy atom. The SMILES string of the molecule is [C-]#[N+]c1ccc(Oc2ccc(B3OCCO3)c(COCOC)c2)cc1. The number of nitrogens with zero attached hydrogens (tertiary/aromatic N) is 1. The standard InChI is InChI=1S/C18H18BNO5/c1-20-15-3-5-16(6-4-15)25-17-7-8-18(19-23-9-10-24-19)14(11-17)12-22-13-21-2/h3-8,11H,9-10,12-13H2,2H3. The van der Waals surface area contributed by atoms with Crippen LogP contribution in [0.1, 0.15) is 5.56 Å². The van der Waals surface area contributed by atoms with E-state index >= 15 is 0 Å². The molecule has 0 aliphatic carbocycles. The number of benzene rings is 2. The molecule has 0 atom stereocenters. The molecule has 1 fully saturated rings. The summed E-state index contributed by atoms with van der Waals surface area (Å²) in [5.74, 6) is 1.34. The monoisotopic (exact) mass is 339 g/mol. The average molecular weight is 339 g/mol. The molecule has 0 radical (unpaired) electrons. The molecule has 2 aromatic rings. The van der Waals surface area contributed by atoms with Gasteiger partial charge in [-0.25, -0.2) is 4.85 Å². The second-order valence-electron chi connectivity index (χ2n) is 5.40. The van der Waals surface area contributed by atoms with Crippen molar-refractivity contribution in [3.8, 4) is 11.5 Å². The zero-order chi connectivity index (χ0) is 17.5. The van der Waals surface area contributed by atoms with Crippen molar-refractivity contribution in [2.24, 2.45) is 0 Å². The van der Waals surface area contributed by atoms with Crippen molar-refractivity contribution in [2.45, 2.75) is 6.61 Å². The predicted molar refractivity (Wildman–Crippen MR) is 93.2 cm³/mol. The molecule has 0 unspecified atom stereocenters. The van der Waals surface area contributed by atoms with Gasteiger partial charge >= 0.3 is 7.12 Å². The molecule has 1 aliphatic rings. The lowest BCUT2D eigenvalue weighted by atomic mass is 9.76. The summed E-state index contributed by atoms with van der Waals surface area (Å²) in [6, 6.07) is 12.7. The van der Waals surface area contributed by atoms with Crippen LogP contribution < -0.4 is 10.2 Å². The maximum atomic E-state index is 6.99. The van der Waals surface area contributed by atoms with Crippen molar-refractivity contribution >= 4 is 18.3 Å². The van der Waals surface area contributed by atoms with Gasteiger partial charge in [0.05, 0.1) is 26.4 Å². The molecule has 2 aromatic carbocycles. The van der Waals surface area contributed by atoms with E-state index in [0.29, 0.717) is 37.0 Å². The van der Waals surface area contributed by atoms with Crippen LogP contribution in [0, 0.1) is 6.57 Å². The van der Waals surface area contributed by atoms with Gasteiger partial charge in [0.15, 0.2) is 5.69 Å². The van der Waals surface area contributed by atoms with Gasteiger partial charge in [-0.3, -0.25) is 0 Å². The maximum absolute atomic E-state index is 6.99. The highest BCUT2D eigenvalue weighted by atomic mass is 16.7. The van der Waals surface area contributed by atoms with E-state index in [1.54, 1.807) is 31.4 Å². The van der Waals surface area contributed by atoms with Crippen molar-refractivity contribution in [3.63, 3.8) is 0 Å². The van der Waals surface area contributed by atoms with Gasteiger partial charge in [0, 0.05) is 7.11 Å². The minimum Gasteiger partial charge on any atom is -0.457 e. The van der Waals surface area contributed by atoms with Gasteiger partial charge in [-0.1, -0.05) is 18.2 Å². The summed E-state index contributed by atoms with van der Waals surface area (Å²) in [6.45, 7) is 8.71. The van der Waals surface area contributed by atoms with Crippen LogP contribution in [0.2, 0.25) is 0 Å². The van der Waals surface area contributed by atoms with Gasteiger partial charge in [0.25, 0.3) is 0 Å². The van der Waals surface area contributed by atoms with Crippen LogP contribution in [-0.4, -0.2) is 34.2 Å². The molecule has 0 aromatic heterocycles. The van der Waals surface area contributed by atoms with Crippen LogP contribution in [0.5, 0.6) is 11.5 Å². The van der Waals surface area contributed by atoms with Gasteiger partial charge < -0.3 is 23.5 Å². The molecule has 6 nitrogen and oxygen atoms in total. The lowest BCUT2D eigenvalue weighted by molar-refractivity contribution is -0.0389. The first-order valence-corrected chi connectivity index (χ1v) is 7.88. The number of ether oxygens (including phenoxy) is 3. The summed E-state index contributed by atoms with van der Waals surface area (Å²) in [5, 5.41) is 0. The quantitative estimate of drug-likeness (QED) is 0.336. The Labute approximate surface area is 147 Å². The van der Waals surface area contributed by atoms with Gasteiger partial charge in [-0.2, -0.15) is 0 Å². The fourth-order valence-corrected chi connectivity index (χ4v) is 2.50. The first-order valence-electron chi connectivity index (χ1n) is 7.88. The van der Waals surface area contributed by atoms with Crippen molar-refractivity contribution < 1.29 is 23.5 Å². The molecule has 1 saturated heterocycles. The average Bonchev–Trinajstić information content (AvgIpc) is 3.17. The summed E-state index contributed by atoms with van der Waals surface area (Å²) in [4.78, 5) is 3.37. The van der Waals surface area contributed by atoms with Crippen molar-refractivity contribution in [1.82, 2.24) is 0 Å². The lowest BCUT2D eigenvalue weighted by Gasteiger charge is -2.14. The second-order valence-corrected chi connectivity index (χ2v) is 5.40. The van der Waals surface area contributed by atoms with Crippen molar-refractivity contribution in [3.05, 3.63) is 59.4 Å². The fourth-order valence-electron chi connectivity index (χ4n) is 2.50. The van der Waals surface area contributed by atoms with E-state index in [1.165, 1.54) is 0 Å². The van der Waals surface area contributed by atoms with E-state index in [0.717, 1.165) is 11.0 Å².